The minimum atomic E-state index is -1.96. The third-order valence-corrected chi connectivity index (χ3v) is 12.5. The molecule has 12 heteroatoms. The van der Waals surface area contributed by atoms with E-state index in [0.717, 1.165) is 16.8 Å². The Morgan fingerprint density at radius 1 is 1.29 bits per heavy atom. The second kappa shape index (κ2) is 11.8. The lowest BCUT2D eigenvalue weighted by Gasteiger charge is -2.39. The number of aliphatic hydroxyl groups excluding tert-OH is 1. The number of nitrogens with one attached hydrogen (secondary N) is 2. The van der Waals surface area contributed by atoms with E-state index in [1.165, 1.54) is 14.2 Å². The summed E-state index contributed by atoms with van der Waals surface area (Å²) in [4.78, 5) is 9.12. The Morgan fingerprint density at radius 2 is 2.05 bits per heavy atom. The summed E-state index contributed by atoms with van der Waals surface area (Å²) in [6, 6.07) is 8.14. The molecule has 4 rings (SSSR count). The van der Waals surface area contributed by atoms with Crippen LogP contribution in [0.4, 0.5) is 17.3 Å². The molecule has 0 aliphatic carbocycles. The topological polar surface area (TPSA) is 139 Å². The van der Waals surface area contributed by atoms with E-state index in [-0.39, 0.29) is 23.6 Å². The average Bonchev–Trinajstić information content (AvgIpc) is 3.46. The Labute approximate surface area is 243 Å². The van der Waals surface area contributed by atoms with E-state index >= 15 is 0 Å². The number of benzene rings is 1. The number of fused-ring (bicyclic) bond motifs is 1. The number of nitriles is 1. The van der Waals surface area contributed by atoms with Crippen molar-refractivity contribution in [1.82, 2.24) is 19.7 Å². The van der Waals surface area contributed by atoms with Gasteiger partial charge < -0.3 is 29.6 Å². The van der Waals surface area contributed by atoms with Crippen LogP contribution in [0.3, 0.4) is 0 Å². The number of aliphatic hydroxyl groups is 1. The maximum Gasteiger partial charge on any atom is 0.236 e. The van der Waals surface area contributed by atoms with E-state index in [9.17, 15) is 10.4 Å². The fourth-order valence-electron chi connectivity index (χ4n) is 4.56. The van der Waals surface area contributed by atoms with Crippen molar-refractivity contribution in [3.05, 3.63) is 41.7 Å². The molecule has 220 valence electrons. The van der Waals surface area contributed by atoms with Gasteiger partial charge in [0.25, 0.3) is 0 Å². The molecule has 0 saturated carbocycles. The first-order valence-corrected chi connectivity index (χ1v) is 16.6. The van der Waals surface area contributed by atoms with Crippen molar-refractivity contribution < 1.29 is 19.0 Å². The first-order chi connectivity index (χ1) is 19.3. The smallest absolute Gasteiger partial charge is 0.236 e. The van der Waals surface area contributed by atoms with Gasteiger partial charge in [0, 0.05) is 37.4 Å². The van der Waals surface area contributed by atoms with Crippen molar-refractivity contribution in [2.24, 2.45) is 0 Å². The van der Waals surface area contributed by atoms with Gasteiger partial charge >= 0.3 is 0 Å². The molecule has 1 aliphatic heterocycles. The minimum Gasteiger partial charge on any atom is -0.480 e. The van der Waals surface area contributed by atoms with Crippen molar-refractivity contribution in [2.45, 2.75) is 63.9 Å². The summed E-state index contributed by atoms with van der Waals surface area (Å²) in [5.41, 5.74) is 4.23. The molecule has 2 aromatic heterocycles. The van der Waals surface area contributed by atoms with Crippen molar-refractivity contribution in [3.8, 4) is 23.2 Å². The van der Waals surface area contributed by atoms with Gasteiger partial charge in [-0.15, -0.1) is 0 Å². The van der Waals surface area contributed by atoms with Crippen LogP contribution in [-0.2, 0) is 21.1 Å². The van der Waals surface area contributed by atoms with Gasteiger partial charge in [-0.2, -0.15) is 10.4 Å². The van der Waals surface area contributed by atoms with E-state index in [4.69, 9.17) is 18.9 Å². The van der Waals surface area contributed by atoms with Crippen LogP contribution in [0.15, 0.2) is 30.6 Å². The standard InChI is InChI=1S/C29H41N7O4Si/c1-28(2,3)41(7,8)40-18-29(4)17-32-25-20(13-30)11-19(12-22(25)29)23-9-10-31-27(34-23)35-24-14-33-36(26(24)39-6)15-21(37)16-38-5/h9-12,14,21,32,37H,15-18H2,1-8H3,(H,31,34,35)/t21-,29-/m1/s1. The van der Waals surface area contributed by atoms with E-state index in [1.54, 1.807) is 17.1 Å². The number of aromatic nitrogens is 4. The Kier molecular flexibility index (Phi) is 8.75. The molecule has 0 saturated heterocycles. The summed E-state index contributed by atoms with van der Waals surface area (Å²) in [7, 11) is 1.10. The van der Waals surface area contributed by atoms with Crippen molar-refractivity contribution >= 4 is 25.6 Å². The highest BCUT2D eigenvalue weighted by molar-refractivity contribution is 6.74. The average molecular weight is 580 g/mol. The predicted octanol–water partition coefficient (Wildman–Crippen LogP) is 4.68. The molecule has 1 aliphatic rings. The quantitative estimate of drug-likeness (QED) is 0.274. The maximum atomic E-state index is 10.1. The molecule has 3 N–H and O–H groups in total. The Hall–Kier alpha value is -3.50. The lowest BCUT2D eigenvalue weighted by molar-refractivity contribution is 0.0498. The third-order valence-electron chi connectivity index (χ3n) is 8.05. The van der Waals surface area contributed by atoms with Gasteiger partial charge in [-0.3, -0.25) is 0 Å². The van der Waals surface area contributed by atoms with E-state index in [1.807, 2.05) is 12.1 Å². The zero-order chi connectivity index (χ0) is 30.0. The van der Waals surface area contributed by atoms with Crippen LogP contribution < -0.4 is 15.4 Å². The largest absolute Gasteiger partial charge is 0.480 e. The molecule has 0 spiro atoms. The summed E-state index contributed by atoms with van der Waals surface area (Å²) < 4.78 is 18.7. The zero-order valence-electron chi connectivity index (χ0n) is 25.2. The van der Waals surface area contributed by atoms with Crippen LogP contribution in [-0.4, -0.2) is 73.3 Å². The molecule has 0 bridgehead atoms. The summed E-state index contributed by atoms with van der Waals surface area (Å²) in [6.07, 6.45) is 2.53. The molecule has 11 nitrogen and oxygen atoms in total. The highest BCUT2D eigenvalue weighted by Crippen LogP contribution is 2.44. The molecule has 0 amide bonds. The number of hydrogen-bond acceptors (Lipinski definition) is 10. The Balaban J connectivity index is 1.62. The fourth-order valence-corrected chi connectivity index (χ4v) is 5.67. The number of methoxy groups -OCH3 is 2. The van der Waals surface area contributed by atoms with Gasteiger partial charge in [-0.05, 0) is 41.9 Å². The van der Waals surface area contributed by atoms with Gasteiger partial charge in [-0.1, -0.05) is 27.7 Å². The normalized spacial score (nSPS) is 17.5. The lowest BCUT2D eigenvalue weighted by Crippen LogP contribution is -2.45. The SMILES string of the molecule is COC[C@H](O)Cn1ncc(Nc2nccc(-c3cc(C#N)c4c(c3)[C@@](C)(CO[Si](C)(C)C(C)(C)C)CN4)n2)c1OC. The summed E-state index contributed by atoms with van der Waals surface area (Å²) in [5.74, 6) is 0.779. The van der Waals surface area contributed by atoms with E-state index in [2.05, 4.69) is 73.6 Å². The van der Waals surface area contributed by atoms with Crippen LogP contribution in [0.2, 0.25) is 18.1 Å². The summed E-state index contributed by atoms with van der Waals surface area (Å²) in [5, 5.41) is 31.2. The van der Waals surface area contributed by atoms with Gasteiger partial charge in [0.1, 0.15) is 11.8 Å². The van der Waals surface area contributed by atoms with Crippen LogP contribution in [0.25, 0.3) is 11.3 Å². The molecule has 0 radical (unpaired) electrons. The van der Waals surface area contributed by atoms with Crippen molar-refractivity contribution in [2.75, 3.05) is 44.6 Å². The number of rotatable bonds is 11. The van der Waals surface area contributed by atoms with Gasteiger partial charge in [0.15, 0.2) is 8.32 Å². The van der Waals surface area contributed by atoms with E-state index < -0.39 is 14.4 Å². The van der Waals surface area contributed by atoms with Gasteiger partial charge in [0.05, 0.1) is 49.5 Å². The Bertz CT molecular complexity index is 1430. The highest BCUT2D eigenvalue weighted by Gasteiger charge is 2.42. The number of anilines is 3. The maximum absolute atomic E-state index is 10.1. The lowest BCUT2D eigenvalue weighted by atomic mass is 9.83. The molecule has 2 atom stereocenters. The predicted molar refractivity (Wildman–Crippen MR) is 161 cm³/mol. The van der Waals surface area contributed by atoms with Crippen LogP contribution in [0.1, 0.15) is 38.8 Å². The first kappa shape index (κ1) is 30.5. The van der Waals surface area contributed by atoms with Crippen LogP contribution >= 0.6 is 0 Å². The number of ether oxygens (including phenoxy) is 2. The molecule has 0 fully saturated rings. The minimum absolute atomic E-state index is 0.102. The van der Waals surface area contributed by atoms with E-state index in [0.29, 0.717) is 41.9 Å². The molecule has 3 heterocycles. The highest BCUT2D eigenvalue weighted by atomic mass is 28.4. The Morgan fingerprint density at radius 3 is 2.71 bits per heavy atom. The van der Waals surface area contributed by atoms with Gasteiger partial charge in [-0.25, -0.2) is 14.6 Å². The van der Waals surface area contributed by atoms with Crippen LogP contribution in [0, 0.1) is 11.3 Å². The second-order valence-corrected chi connectivity index (χ2v) is 17.1. The van der Waals surface area contributed by atoms with Crippen molar-refractivity contribution in [3.63, 3.8) is 0 Å². The third kappa shape index (κ3) is 6.38. The monoisotopic (exact) mass is 579 g/mol. The number of nitrogens with zero attached hydrogens (tertiary/aromatic N) is 5. The second-order valence-electron chi connectivity index (χ2n) is 12.3. The zero-order valence-corrected chi connectivity index (χ0v) is 26.2. The fraction of sp³-hybridized carbons (Fsp3) is 0.517. The molecule has 3 aromatic rings. The molecule has 41 heavy (non-hydrogen) atoms. The van der Waals surface area contributed by atoms with Crippen LogP contribution in [0.5, 0.6) is 5.88 Å². The summed E-state index contributed by atoms with van der Waals surface area (Å²) >= 11 is 0. The molecular formula is C29H41N7O4Si. The van der Waals surface area contributed by atoms with Crippen molar-refractivity contribution in [1.29, 1.82) is 5.26 Å². The number of hydrogen-bond donors (Lipinski definition) is 3. The summed E-state index contributed by atoms with van der Waals surface area (Å²) in [6.45, 7) is 15.0. The van der Waals surface area contributed by atoms with Gasteiger partial charge in [0.2, 0.25) is 11.8 Å². The molecule has 1 aromatic carbocycles. The molecular weight excluding hydrogens is 538 g/mol. The first-order valence-electron chi connectivity index (χ1n) is 13.7. The molecule has 0 unspecified atom stereocenters.